The highest BCUT2D eigenvalue weighted by Gasteiger charge is 2.54. The van der Waals surface area contributed by atoms with Crippen LogP contribution in [0.5, 0.6) is 0 Å². The van der Waals surface area contributed by atoms with Gasteiger partial charge < -0.3 is 94.4 Å². The third-order valence-electron chi connectivity index (χ3n) is 12.8. The molecule has 6 rings (SSSR count). The smallest absolute Gasteiger partial charge is 0.330 e. The first-order valence-electron chi connectivity index (χ1n) is 20.9. The summed E-state index contributed by atoms with van der Waals surface area (Å²) in [5.74, 6) is -4.70. The molecular weight excluding hydrogens is 820 g/mol. The zero-order valence-electron chi connectivity index (χ0n) is 33.3. The van der Waals surface area contributed by atoms with E-state index in [1.54, 1.807) is 6.08 Å². The first-order chi connectivity index (χ1) is 28.9. The van der Waals surface area contributed by atoms with E-state index in [0.29, 0.717) is 19.3 Å². The van der Waals surface area contributed by atoms with E-state index in [2.05, 4.69) is 0 Å². The number of aliphatic hydroxyl groups excluding tert-OH is 11. The van der Waals surface area contributed by atoms with E-state index in [9.17, 15) is 70.6 Å². The minimum Gasteiger partial charge on any atom is -0.481 e. The molecule has 22 atom stereocenters. The lowest BCUT2D eigenvalue weighted by Gasteiger charge is -2.52. The van der Waals surface area contributed by atoms with Crippen molar-refractivity contribution in [3.8, 4) is 0 Å². The summed E-state index contributed by atoms with van der Waals surface area (Å²) in [5, 5.41) is 125. The Labute approximate surface area is 350 Å². The molecule has 22 heteroatoms. The third-order valence-corrected chi connectivity index (χ3v) is 12.8. The molecule has 3 saturated carbocycles. The molecule has 12 unspecified atom stereocenters. The van der Waals surface area contributed by atoms with Crippen molar-refractivity contribution in [1.29, 1.82) is 0 Å². The second kappa shape index (κ2) is 21.0. The number of carboxylic acids is 1. The molecule has 6 fully saturated rings. The summed E-state index contributed by atoms with van der Waals surface area (Å²) in [6, 6.07) is 0. The molecule has 0 amide bonds. The van der Waals surface area contributed by atoms with Crippen LogP contribution in [0.15, 0.2) is 12.2 Å². The Morgan fingerprint density at radius 2 is 1.15 bits per heavy atom. The molecule has 12 N–H and O–H groups in total. The number of hydrogen-bond donors (Lipinski definition) is 12. The minimum absolute atomic E-state index is 0.0433. The fourth-order valence-electron chi connectivity index (χ4n) is 9.33. The van der Waals surface area contributed by atoms with Crippen LogP contribution in [0.3, 0.4) is 0 Å². The van der Waals surface area contributed by atoms with Gasteiger partial charge >= 0.3 is 17.9 Å². The maximum atomic E-state index is 12.6. The van der Waals surface area contributed by atoms with Crippen LogP contribution in [0, 0.1) is 17.8 Å². The Morgan fingerprint density at radius 3 is 1.74 bits per heavy atom. The molecule has 0 radical (unpaired) electrons. The summed E-state index contributed by atoms with van der Waals surface area (Å²) in [7, 11) is 0. The standard InChI is InChI=1S/C39H60O22/c40-17-9-23-18(24(10-17)58-38-35(53)33(51)32(50)27(60-38)14-56-30(48)12-28(45)46)11-25(37(57-23)16-3-5-20(42)22(44)8-16)59-39-36(54)34(52)31(49)26(61-39)13-55-29(47)6-2-15-1-4-19(41)21(43)7-15/h2,6,15-27,31-44,49-54H,1,3-5,7-14H2,(H,45,46)/t15?,16?,17?,18?,19?,20?,21?,22?,23?,24?,25?,26-,27-,31-,32-,33+,34+,35-,36-,37?,38-,39-/m1/s1. The highest BCUT2D eigenvalue weighted by Crippen LogP contribution is 2.45. The van der Waals surface area contributed by atoms with Crippen LogP contribution in [0.4, 0.5) is 0 Å². The van der Waals surface area contributed by atoms with Gasteiger partial charge in [-0.2, -0.15) is 0 Å². The number of fused-ring (bicyclic) bond motifs is 1. The number of carbonyl (C=O) groups is 3. The van der Waals surface area contributed by atoms with Gasteiger partial charge in [0.05, 0.1) is 54.9 Å². The molecule has 3 aliphatic carbocycles. The van der Waals surface area contributed by atoms with E-state index in [-0.39, 0.29) is 44.4 Å². The fourth-order valence-corrected chi connectivity index (χ4v) is 9.33. The zero-order valence-corrected chi connectivity index (χ0v) is 33.3. The van der Waals surface area contributed by atoms with Crippen molar-refractivity contribution in [1.82, 2.24) is 0 Å². The Bertz CT molecular complexity index is 1500. The van der Waals surface area contributed by atoms with E-state index in [0.717, 1.165) is 6.08 Å². The van der Waals surface area contributed by atoms with Gasteiger partial charge in [-0.3, -0.25) is 9.59 Å². The summed E-state index contributed by atoms with van der Waals surface area (Å²) in [5.41, 5.74) is 0. The monoisotopic (exact) mass is 880 g/mol. The van der Waals surface area contributed by atoms with Crippen LogP contribution in [0.25, 0.3) is 0 Å². The average Bonchev–Trinajstić information content (AvgIpc) is 3.21. The first kappa shape index (κ1) is 48.0. The van der Waals surface area contributed by atoms with Gasteiger partial charge in [-0.25, -0.2) is 4.79 Å². The summed E-state index contributed by atoms with van der Waals surface area (Å²) in [4.78, 5) is 35.4. The highest BCUT2D eigenvalue weighted by atomic mass is 16.7. The van der Waals surface area contributed by atoms with Crippen LogP contribution >= 0.6 is 0 Å². The normalized spacial score (nSPS) is 47.0. The lowest BCUT2D eigenvalue weighted by molar-refractivity contribution is -0.344. The number of carboxylic acid groups (broad SMARTS) is 1. The number of aliphatic carboxylic acids is 1. The molecule has 3 aliphatic heterocycles. The summed E-state index contributed by atoms with van der Waals surface area (Å²) >= 11 is 0. The van der Waals surface area contributed by atoms with Crippen molar-refractivity contribution in [3.63, 3.8) is 0 Å². The third kappa shape index (κ3) is 11.8. The Kier molecular flexibility index (Phi) is 16.5. The fraction of sp³-hybridized carbons (Fsp3) is 0.872. The SMILES string of the molecule is O=C(O)CC(=O)OC[C@H]1O[C@@H](OC2CC(O)CC3OC(C4CCC(O)C(O)C4)C(O[C@@H]4O[C@H](COC(=O)C=CC5CCC(O)C(O)C5)[C@@H](O)[C@H](O)[C@H]4O)CC32)[C@H](O)[C@@H](O)[C@@H]1O. The summed E-state index contributed by atoms with van der Waals surface area (Å²) in [6.45, 7) is -1.27. The predicted molar refractivity (Wildman–Crippen MR) is 197 cm³/mol. The van der Waals surface area contributed by atoms with Gasteiger partial charge in [-0.05, 0) is 63.2 Å². The molecule has 22 nitrogen and oxygen atoms in total. The van der Waals surface area contributed by atoms with E-state index in [4.69, 9.17) is 38.3 Å². The van der Waals surface area contributed by atoms with Gasteiger partial charge in [0.1, 0.15) is 68.5 Å². The number of rotatable bonds is 13. The second-order valence-electron chi connectivity index (χ2n) is 17.2. The van der Waals surface area contributed by atoms with E-state index >= 15 is 0 Å². The quantitative estimate of drug-likeness (QED) is 0.0471. The second-order valence-corrected chi connectivity index (χ2v) is 17.2. The van der Waals surface area contributed by atoms with Crippen molar-refractivity contribution < 1.29 is 109 Å². The number of allylic oxidation sites excluding steroid dienone is 1. The van der Waals surface area contributed by atoms with Crippen molar-refractivity contribution in [2.24, 2.45) is 17.8 Å². The number of aliphatic hydroxyl groups is 11. The van der Waals surface area contributed by atoms with Crippen molar-refractivity contribution in [3.05, 3.63) is 12.2 Å². The molecule has 3 saturated heterocycles. The highest BCUT2D eigenvalue weighted by molar-refractivity contribution is 5.90. The van der Waals surface area contributed by atoms with Crippen molar-refractivity contribution in [2.45, 2.75) is 181 Å². The Morgan fingerprint density at radius 1 is 0.574 bits per heavy atom. The Hall–Kier alpha value is -2.49. The maximum Gasteiger partial charge on any atom is 0.330 e. The van der Waals surface area contributed by atoms with Gasteiger partial charge in [0, 0.05) is 18.4 Å². The molecule has 0 aromatic rings. The van der Waals surface area contributed by atoms with Crippen LogP contribution in [0.2, 0.25) is 0 Å². The molecule has 0 spiro atoms. The molecule has 0 aromatic carbocycles. The van der Waals surface area contributed by atoms with Gasteiger partial charge in [0.15, 0.2) is 12.6 Å². The van der Waals surface area contributed by atoms with Crippen molar-refractivity contribution >= 4 is 17.9 Å². The number of hydrogen-bond acceptors (Lipinski definition) is 21. The molecule has 6 aliphatic rings. The molecule has 61 heavy (non-hydrogen) atoms. The lowest BCUT2D eigenvalue weighted by Crippen LogP contribution is -2.63. The summed E-state index contributed by atoms with van der Waals surface area (Å²) < 4.78 is 40.9. The van der Waals surface area contributed by atoms with Gasteiger partial charge in [-0.1, -0.05) is 6.08 Å². The van der Waals surface area contributed by atoms with E-state index in [1.165, 1.54) is 0 Å². The van der Waals surface area contributed by atoms with Gasteiger partial charge in [-0.15, -0.1) is 0 Å². The Balaban J connectivity index is 1.16. The van der Waals surface area contributed by atoms with Gasteiger partial charge in [0.25, 0.3) is 0 Å². The zero-order chi connectivity index (χ0) is 44.3. The molecule has 0 bridgehead atoms. The number of esters is 2. The van der Waals surface area contributed by atoms with E-state index in [1.807, 2.05) is 0 Å². The molecular formula is C39H60O22. The topological polar surface area (TPSA) is 359 Å². The molecule has 0 aromatic heterocycles. The number of ether oxygens (including phenoxy) is 7. The van der Waals surface area contributed by atoms with Crippen LogP contribution < -0.4 is 0 Å². The molecule has 348 valence electrons. The van der Waals surface area contributed by atoms with E-state index < -0.39 is 166 Å². The number of carbonyl (C=O) groups excluding carboxylic acids is 2. The minimum atomic E-state index is -1.86. The van der Waals surface area contributed by atoms with Crippen LogP contribution in [0.1, 0.15) is 64.2 Å². The molecule has 3 heterocycles. The van der Waals surface area contributed by atoms with Crippen LogP contribution in [-0.4, -0.2) is 209 Å². The lowest BCUT2D eigenvalue weighted by atomic mass is 9.72. The predicted octanol–water partition coefficient (Wildman–Crippen LogP) is -4.54. The maximum absolute atomic E-state index is 12.6. The first-order valence-corrected chi connectivity index (χ1v) is 20.9. The van der Waals surface area contributed by atoms with Gasteiger partial charge in [0.2, 0.25) is 0 Å². The van der Waals surface area contributed by atoms with Crippen molar-refractivity contribution in [2.75, 3.05) is 13.2 Å². The summed E-state index contributed by atoms with van der Waals surface area (Å²) in [6.07, 6.45) is -21.8. The largest absolute Gasteiger partial charge is 0.481 e. The van der Waals surface area contributed by atoms with Crippen LogP contribution in [-0.2, 0) is 47.5 Å². The average molecular weight is 881 g/mol.